The van der Waals surface area contributed by atoms with Crippen LogP contribution in [0, 0.1) is 0 Å². The van der Waals surface area contributed by atoms with Crippen LogP contribution in [-0.4, -0.2) is 37.0 Å². The topological polar surface area (TPSA) is 77.0 Å². The molecule has 0 aliphatic heterocycles. The lowest BCUT2D eigenvalue weighted by Crippen LogP contribution is -2.31. The van der Waals surface area contributed by atoms with Crippen LogP contribution in [0.2, 0.25) is 0 Å². The second-order valence-electron chi connectivity index (χ2n) is 6.62. The first-order valence-electron chi connectivity index (χ1n) is 9.41. The normalized spacial score (nSPS) is 10.9. The molecule has 0 radical (unpaired) electrons. The number of nitrogens with zero attached hydrogens (tertiary/aromatic N) is 5. The van der Waals surface area contributed by atoms with Crippen LogP contribution in [0.1, 0.15) is 12.3 Å². The summed E-state index contributed by atoms with van der Waals surface area (Å²) in [7, 11) is 0. The Hall–Kier alpha value is -3.74. The molecular formula is C22H21N5O2. The van der Waals surface area contributed by atoms with Crippen LogP contribution in [0.25, 0.3) is 22.4 Å². The molecule has 0 aliphatic rings. The Kier molecular flexibility index (Phi) is 5.47. The van der Waals surface area contributed by atoms with Crippen LogP contribution in [0.4, 0.5) is 0 Å². The Bertz CT molecular complexity index is 1120. The van der Waals surface area contributed by atoms with Crippen molar-refractivity contribution >= 4 is 16.9 Å². The Labute approximate surface area is 168 Å². The summed E-state index contributed by atoms with van der Waals surface area (Å²) in [6.45, 7) is 4.95. The summed E-state index contributed by atoms with van der Waals surface area (Å²) in [6.07, 6.45) is 3.80. The third kappa shape index (κ3) is 4.24. The molecule has 0 fully saturated rings. The third-order valence-electron chi connectivity index (χ3n) is 4.62. The lowest BCUT2D eigenvalue weighted by Gasteiger charge is -2.19. The van der Waals surface area contributed by atoms with Crippen LogP contribution < -0.4 is 0 Å². The van der Waals surface area contributed by atoms with Crippen molar-refractivity contribution in [3.8, 4) is 11.4 Å². The molecule has 0 aliphatic carbocycles. The van der Waals surface area contributed by atoms with Gasteiger partial charge >= 0.3 is 0 Å². The van der Waals surface area contributed by atoms with Crippen molar-refractivity contribution in [1.82, 2.24) is 24.6 Å². The largest absolute Gasteiger partial charge is 0.337 e. The van der Waals surface area contributed by atoms with Gasteiger partial charge in [0.2, 0.25) is 17.6 Å². The molecule has 0 saturated heterocycles. The molecule has 7 nitrogen and oxygen atoms in total. The van der Waals surface area contributed by atoms with E-state index in [0.717, 1.165) is 16.6 Å². The molecule has 4 aromatic rings. The van der Waals surface area contributed by atoms with E-state index in [1.54, 1.807) is 17.3 Å². The Morgan fingerprint density at radius 2 is 1.93 bits per heavy atom. The van der Waals surface area contributed by atoms with Gasteiger partial charge in [0.05, 0.1) is 17.4 Å². The summed E-state index contributed by atoms with van der Waals surface area (Å²) in [4.78, 5) is 23.2. The summed E-state index contributed by atoms with van der Waals surface area (Å²) in [5.41, 5.74) is 2.80. The fourth-order valence-electron chi connectivity index (χ4n) is 3.16. The van der Waals surface area contributed by atoms with Crippen molar-refractivity contribution in [2.75, 3.05) is 6.54 Å². The molecule has 2 aromatic heterocycles. The van der Waals surface area contributed by atoms with Crippen molar-refractivity contribution in [3.05, 3.63) is 79.5 Å². The molecule has 0 bridgehead atoms. The van der Waals surface area contributed by atoms with Crippen LogP contribution in [0.5, 0.6) is 0 Å². The first kappa shape index (κ1) is 18.6. The molecule has 0 atom stereocenters. The van der Waals surface area contributed by atoms with Gasteiger partial charge in [-0.05, 0) is 12.1 Å². The number of imidazole rings is 1. The minimum atomic E-state index is -0.0119. The highest BCUT2D eigenvalue weighted by atomic mass is 16.5. The van der Waals surface area contributed by atoms with Crippen molar-refractivity contribution in [2.24, 2.45) is 0 Å². The zero-order chi connectivity index (χ0) is 20.1. The number of benzene rings is 2. The van der Waals surface area contributed by atoms with Gasteiger partial charge in [0, 0.05) is 25.1 Å². The third-order valence-corrected chi connectivity index (χ3v) is 4.62. The highest BCUT2D eigenvalue weighted by Gasteiger charge is 2.17. The number of rotatable bonds is 8. The predicted molar refractivity (Wildman–Crippen MR) is 110 cm³/mol. The van der Waals surface area contributed by atoms with E-state index in [0.29, 0.717) is 31.2 Å². The number of hydrogen-bond acceptors (Lipinski definition) is 5. The second-order valence-corrected chi connectivity index (χ2v) is 6.62. The molecule has 0 unspecified atom stereocenters. The van der Waals surface area contributed by atoms with Gasteiger partial charge in [-0.1, -0.05) is 53.7 Å². The van der Waals surface area contributed by atoms with Crippen molar-refractivity contribution in [1.29, 1.82) is 0 Å². The van der Waals surface area contributed by atoms with Crippen LogP contribution in [0.15, 0.2) is 78.1 Å². The average Bonchev–Trinajstić information content (AvgIpc) is 3.39. The first-order valence-corrected chi connectivity index (χ1v) is 9.41. The zero-order valence-corrected chi connectivity index (χ0v) is 15.9. The van der Waals surface area contributed by atoms with Crippen LogP contribution in [-0.2, 0) is 17.9 Å². The van der Waals surface area contributed by atoms with Gasteiger partial charge in [-0.25, -0.2) is 4.98 Å². The molecule has 4 rings (SSSR count). The molecule has 2 heterocycles. The van der Waals surface area contributed by atoms with Gasteiger partial charge in [0.15, 0.2) is 0 Å². The number of amides is 1. The molecule has 2 aromatic carbocycles. The van der Waals surface area contributed by atoms with E-state index in [9.17, 15) is 4.79 Å². The quantitative estimate of drug-likeness (QED) is 0.431. The van der Waals surface area contributed by atoms with Crippen LogP contribution >= 0.6 is 0 Å². The van der Waals surface area contributed by atoms with Gasteiger partial charge < -0.3 is 14.0 Å². The monoisotopic (exact) mass is 387 g/mol. The number of hydrogen-bond donors (Lipinski definition) is 0. The standard InChI is InChI=1S/C22H21N5O2/c1-2-13-26(15-20-24-22(25-29-20)17-8-4-3-5-9-17)21(28)12-14-27-16-23-18-10-6-7-11-19(18)27/h2-11,16H,1,12-15H2. The van der Waals surface area contributed by atoms with Crippen molar-refractivity contribution in [3.63, 3.8) is 0 Å². The summed E-state index contributed by atoms with van der Waals surface area (Å²) < 4.78 is 7.34. The van der Waals surface area contributed by atoms with E-state index in [2.05, 4.69) is 21.7 Å². The number of para-hydroxylation sites is 2. The van der Waals surface area contributed by atoms with E-state index in [1.165, 1.54) is 0 Å². The highest BCUT2D eigenvalue weighted by Crippen LogP contribution is 2.16. The van der Waals surface area contributed by atoms with Gasteiger partial charge in [-0.3, -0.25) is 4.79 Å². The molecule has 1 amide bonds. The Morgan fingerprint density at radius 3 is 2.76 bits per heavy atom. The Balaban J connectivity index is 1.42. The predicted octanol–water partition coefficient (Wildman–Crippen LogP) is 3.69. The molecule has 7 heteroatoms. The molecule has 146 valence electrons. The summed E-state index contributed by atoms with van der Waals surface area (Å²) in [5, 5.41) is 4.02. The zero-order valence-electron chi connectivity index (χ0n) is 15.9. The van der Waals surface area contributed by atoms with E-state index in [1.807, 2.05) is 59.2 Å². The molecule has 29 heavy (non-hydrogen) atoms. The van der Waals surface area contributed by atoms with E-state index < -0.39 is 0 Å². The average molecular weight is 387 g/mol. The SMILES string of the molecule is C=CCN(Cc1nc(-c2ccccc2)no1)C(=O)CCn1cnc2ccccc21. The van der Waals surface area contributed by atoms with Crippen molar-refractivity contribution in [2.45, 2.75) is 19.5 Å². The molecule has 0 saturated carbocycles. The maximum Gasteiger partial charge on any atom is 0.246 e. The Morgan fingerprint density at radius 1 is 1.14 bits per heavy atom. The number of carbonyl (C=O) groups excluding carboxylic acids is 1. The summed E-state index contributed by atoms with van der Waals surface area (Å²) >= 11 is 0. The highest BCUT2D eigenvalue weighted by molar-refractivity contribution is 5.77. The summed E-state index contributed by atoms with van der Waals surface area (Å²) in [6, 6.07) is 17.5. The van der Waals surface area contributed by atoms with Gasteiger partial charge in [-0.2, -0.15) is 4.98 Å². The van der Waals surface area contributed by atoms with Crippen molar-refractivity contribution < 1.29 is 9.32 Å². The minimum absolute atomic E-state index is 0.0119. The summed E-state index contributed by atoms with van der Waals surface area (Å²) in [5.74, 6) is 0.894. The van der Waals surface area contributed by atoms with Gasteiger partial charge in [0.1, 0.15) is 6.54 Å². The van der Waals surface area contributed by atoms with E-state index in [4.69, 9.17) is 4.52 Å². The molecule has 0 spiro atoms. The van der Waals surface area contributed by atoms with Gasteiger partial charge in [-0.15, -0.1) is 6.58 Å². The number of aromatic nitrogens is 4. The smallest absolute Gasteiger partial charge is 0.246 e. The lowest BCUT2D eigenvalue weighted by molar-refractivity contribution is -0.131. The maximum absolute atomic E-state index is 12.8. The maximum atomic E-state index is 12.8. The van der Waals surface area contributed by atoms with Gasteiger partial charge in [0.25, 0.3) is 0 Å². The fraction of sp³-hybridized carbons (Fsp3) is 0.182. The second kappa shape index (κ2) is 8.52. The number of fused-ring (bicyclic) bond motifs is 1. The lowest BCUT2D eigenvalue weighted by atomic mass is 10.2. The minimum Gasteiger partial charge on any atom is -0.337 e. The number of carbonyl (C=O) groups is 1. The van der Waals surface area contributed by atoms with Crippen LogP contribution in [0.3, 0.4) is 0 Å². The number of aryl methyl sites for hydroxylation is 1. The molecule has 0 N–H and O–H groups in total. The molecular weight excluding hydrogens is 366 g/mol. The van der Waals surface area contributed by atoms with E-state index in [-0.39, 0.29) is 12.5 Å². The fourth-order valence-corrected chi connectivity index (χ4v) is 3.16. The van der Waals surface area contributed by atoms with E-state index >= 15 is 0 Å². The first-order chi connectivity index (χ1) is 14.2.